The lowest BCUT2D eigenvalue weighted by Crippen LogP contribution is -2.55. The molecule has 6 nitrogen and oxygen atoms in total. The van der Waals surface area contributed by atoms with Gasteiger partial charge in [-0.25, -0.2) is 0 Å². The van der Waals surface area contributed by atoms with E-state index in [4.69, 9.17) is 0 Å². The number of aromatic hydroxyl groups is 1. The predicted molar refractivity (Wildman–Crippen MR) is 102 cm³/mol. The van der Waals surface area contributed by atoms with E-state index in [-0.39, 0.29) is 40.5 Å². The van der Waals surface area contributed by atoms with E-state index in [2.05, 4.69) is 10.6 Å². The van der Waals surface area contributed by atoms with Crippen molar-refractivity contribution in [3.8, 4) is 11.8 Å². The van der Waals surface area contributed by atoms with Gasteiger partial charge in [-0.1, -0.05) is 19.1 Å². The summed E-state index contributed by atoms with van der Waals surface area (Å²) in [5.41, 5.74) is -1.64. The molecule has 1 heterocycles. The summed E-state index contributed by atoms with van der Waals surface area (Å²) in [6.07, 6.45) is -5.67. The molecule has 9 heteroatoms. The normalized spacial score (nSPS) is 25.1. The molecular formula is C21H18F3N3O3. The van der Waals surface area contributed by atoms with Gasteiger partial charge in [0.05, 0.1) is 18.0 Å². The number of phenolic OH excluding ortho intramolecular Hbond substituents is 1. The summed E-state index contributed by atoms with van der Waals surface area (Å²) in [7, 11) is 0. The standard InChI is InChI=1S/C21H18F3N3O3/c1-10-8-20(30,21(22,23)24)19(12-6-5-11(9-25)18(29)17(10)12)27-15-4-2-3-14-13(15)7-16(28)26-14/h2-6,10,19,27,29-30H,7-8H2,1H3,(H,26,28)/t10-,19+,20+/m1/s1. The van der Waals surface area contributed by atoms with Crippen molar-refractivity contribution in [1.29, 1.82) is 5.26 Å². The molecule has 0 radical (unpaired) electrons. The Morgan fingerprint density at radius 2 is 2.03 bits per heavy atom. The van der Waals surface area contributed by atoms with Gasteiger partial charge >= 0.3 is 6.18 Å². The predicted octanol–water partition coefficient (Wildman–Crippen LogP) is 3.71. The van der Waals surface area contributed by atoms with Crippen molar-refractivity contribution in [3.63, 3.8) is 0 Å². The fourth-order valence-corrected chi connectivity index (χ4v) is 4.44. The molecule has 0 fully saturated rings. The zero-order valence-corrected chi connectivity index (χ0v) is 15.8. The minimum absolute atomic E-state index is 0.00243. The highest BCUT2D eigenvalue weighted by Crippen LogP contribution is 2.54. The maximum Gasteiger partial charge on any atom is 0.419 e. The Morgan fingerprint density at radius 3 is 2.70 bits per heavy atom. The van der Waals surface area contributed by atoms with Gasteiger partial charge in [0, 0.05) is 22.5 Å². The molecule has 0 unspecified atom stereocenters. The van der Waals surface area contributed by atoms with Crippen LogP contribution in [0.5, 0.6) is 5.75 Å². The largest absolute Gasteiger partial charge is 0.506 e. The van der Waals surface area contributed by atoms with Crippen LogP contribution in [0.25, 0.3) is 0 Å². The molecule has 1 amide bonds. The molecule has 2 aromatic rings. The molecule has 4 rings (SSSR count). The maximum atomic E-state index is 14.1. The highest BCUT2D eigenvalue weighted by molar-refractivity contribution is 6.01. The number of hydrogen-bond donors (Lipinski definition) is 4. The fourth-order valence-electron chi connectivity index (χ4n) is 4.44. The zero-order valence-electron chi connectivity index (χ0n) is 15.8. The number of halogens is 3. The van der Waals surface area contributed by atoms with Gasteiger partial charge in [-0.3, -0.25) is 4.79 Å². The van der Waals surface area contributed by atoms with E-state index in [1.807, 2.05) is 6.07 Å². The molecule has 30 heavy (non-hydrogen) atoms. The van der Waals surface area contributed by atoms with Gasteiger partial charge in [0.25, 0.3) is 0 Å². The van der Waals surface area contributed by atoms with Crippen LogP contribution in [0.3, 0.4) is 0 Å². The Bertz CT molecular complexity index is 1090. The van der Waals surface area contributed by atoms with Crippen molar-refractivity contribution >= 4 is 17.3 Å². The quantitative estimate of drug-likeness (QED) is 0.596. The number of carbonyl (C=O) groups is 1. The number of carbonyl (C=O) groups excluding carboxylic acids is 1. The Balaban J connectivity index is 1.89. The van der Waals surface area contributed by atoms with Crippen LogP contribution in [0.2, 0.25) is 0 Å². The lowest BCUT2D eigenvalue weighted by atomic mass is 9.70. The van der Waals surface area contributed by atoms with Crippen molar-refractivity contribution in [2.75, 3.05) is 10.6 Å². The summed E-state index contributed by atoms with van der Waals surface area (Å²) in [4.78, 5) is 11.8. The van der Waals surface area contributed by atoms with Crippen LogP contribution in [0.15, 0.2) is 30.3 Å². The Kier molecular flexibility index (Phi) is 4.43. The van der Waals surface area contributed by atoms with E-state index in [1.54, 1.807) is 12.1 Å². The first-order chi connectivity index (χ1) is 14.1. The van der Waals surface area contributed by atoms with E-state index < -0.39 is 30.2 Å². The monoisotopic (exact) mass is 417 g/mol. The SMILES string of the molecule is C[C@@H]1C[C@@](O)(C(F)(F)F)[C@@H](Nc2cccc3c2CC(=O)N3)c2ccc(C#N)c(O)c21. The first kappa shape index (κ1) is 20.0. The van der Waals surface area contributed by atoms with E-state index in [1.165, 1.54) is 25.1 Å². The van der Waals surface area contributed by atoms with Crippen LogP contribution in [-0.2, 0) is 11.2 Å². The van der Waals surface area contributed by atoms with E-state index in [0.717, 1.165) is 0 Å². The van der Waals surface area contributed by atoms with Gasteiger partial charge < -0.3 is 20.8 Å². The lowest BCUT2D eigenvalue weighted by molar-refractivity contribution is -0.272. The van der Waals surface area contributed by atoms with Crippen LogP contribution in [0.1, 0.15) is 47.6 Å². The molecule has 0 bridgehead atoms. The van der Waals surface area contributed by atoms with Crippen LogP contribution >= 0.6 is 0 Å². The van der Waals surface area contributed by atoms with E-state index in [0.29, 0.717) is 11.3 Å². The molecule has 3 atom stereocenters. The van der Waals surface area contributed by atoms with Crippen LogP contribution in [0, 0.1) is 11.3 Å². The molecule has 0 aromatic heterocycles. The second-order valence-electron chi connectivity index (χ2n) is 7.74. The number of rotatable bonds is 2. The molecule has 0 saturated heterocycles. The Hall–Kier alpha value is -3.25. The second kappa shape index (κ2) is 6.64. The topological polar surface area (TPSA) is 105 Å². The summed E-state index contributed by atoms with van der Waals surface area (Å²) in [6.45, 7) is 1.47. The van der Waals surface area contributed by atoms with Gasteiger partial charge in [-0.2, -0.15) is 18.4 Å². The molecule has 0 spiro atoms. The fraction of sp³-hybridized carbons (Fsp3) is 0.333. The third-order valence-corrected chi connectivity index (χ3v) is 5.85. The van der Waals surface area contributed by atoms with Gasteiger partial charge in [-0.15, -0.1) is 0 Å². The number of fused-ring (bicyclic) bond motifs is 2. The van der Waals surface area contributed by atoms with Crippen LogP contribution in [0.4, 0.5) is 24.5 Å². The number of phenols is 1. The van der Waals surface area contributed by atoms with Gasteiger partial charge in [0.1, 0.15) is 11.8 Å². The van der Waals surface area contributed by atoms with Crippen LogP contribution in [-0.4, -0.2) is 27.9 Å². The molecule has 1 aliphatic carbocycles. The van der Waals surface area contributed by atoms with E-state index >= 15 is 0 Å². The molecule has 2 aliphatic rings. The molecule has 0 saturated carbocycles. The third-order valence-electron chi connectivity index (χ3n) is 5.85. The van der Waals surface area contributed by atoms with Crippen molar-refractivity contribution < 1.29 is 28.2 Å². The molecule has 1 aliphatic heterocycles. The maximum absolute atomic E-state index is 14.1. The van der Waals surface area contributed by atoms with Gasteiger partial charge in [-0.05, 0) is 36.1 Å². The lowest BCUT2D eigenvalue weighted by Gasteiger charge is -2.45. The van der Waals surface area contributed by atoms with Crippen molar-refractivity contribution in [1.82, 2.24) is 0 Å². The highest BCUT2D eigenvalue weighted by atomic mass is 19.4. The smallest absolute Gasteiger partial charge is 0.419 e. The molecule has 4 N–H and O–H groups in total. The number of nitriles is 1. The summed E-state index contributed by atoms with van der Waals surface area (Å²) >= 11 is 0. The number of nitrogens with one attached hydrogen (secondary N) is 2. The minimum Gasteiger partial charge on any atom is -0.506 e. The Labute approximate surface area is 170 Å². The first-order valence-electron chi connectivity index (χ1n) is 9.30. The number of aliphatic hydroxyl groups is 1. The summed E-state index contributed by atoms with van der Waals surface area (Å²) < 4.78 is 42.2. The Morgan fingerprint density at radius 1 is 1.30 bits per heavy atom. The number of nitrogens with zero attached hydrogens (tertiary/aromatic N) is 1. The summed E-state index contributed by atoms with van der Waals surface area (Å²) in [6, 6.07) is 7.50. The number of anilines is 2. The average molecular weight is 417 g/mol. The molecular weight excluding hydrogens is 399 g/mol. The number of amides is 1. The van der Waals surface area contributed by atoms with Crippen molar-refractivity contribution in [2.24, 2.45) is 0 Å². The number of benzene rings is 2. The van der Waals surface area contributed by atoms with Crippen molar-refractivity contribution in [2.45, 2.75) is 43.5 Å². The number of alkyl halides is 3. The highest BCUT2D eigenvalue weighted by Gasteiger charge is 2.62. The first-order valence-corrected chi connectivity index (χ1v) is 9.30. The number of hydrogen-bond acceptors (Lipinski definition) is 5. The van der Waals surface area contributed by atoms with Gasteiger partial charge in [0.15, 0.2) is 5.60 Å². The summed E-state index contributed by atoms with van der Waals surface area (Å²) in [5.74, 6) is -1.50. The third kappa shape index (κ3) is 2.87. The average Bonchev–Trinajstić information content (AvgIpc) is 3.05. The van der Waals surface area contributed by atoms with Gasteiger partial charge in [0.2, 0.25) is 5.91 Å². The van der Waals surface area contributed by atoms with E-state index in [9.17, 15) is 33.4 Å². The zero-order chi connectivity index (χ0) is 21.8. The molecule has 2 aromatic carbocycles. The minimum atomic E-state index is -4.97. The summed E-state index contributed by atoms with van der Waals surface area (Å²) in [5, 5.41) is 35.9. The van der Waals surface area contributed by atoms with Crippen LogP contribution < -0.4 is 10.6 Å². The second-order valence-corrected chi connectivity index (χ2v) is 7.74. The van der Waals surface area contributed by atoms with Crippen molar-refractivity contribution in [3.05, 3.63) is 52.6 Å². The molecule has 156 valence electrons.